The van der Waals surface area contributed by atoms with Gasteiger partial charge in [0.2, 0.25) is 0 Å². The first-order valence-electron chi connectivity index (χ1n) is 3.24. The Hall–Kier alpha value is -0.480. The van der Waals surface area contributed by atoms with Crippen molar-refractivity contribution in [1.82, 2.24) is 0 Å². The van der Waals surface area contributed by atoms with Crippen LogP contribution in [0.1, 0.15) is 26.7 Å². The van der Waals surface area contributed by atoms with Crippen LogP contribution in [0, 0.1) is 18.4 Å². The standard InChI is InChI=1S/C8H13O/c1-3-5-6-8-9-7-4-2/h7H,4,6,8H2,1-2H3. The van der Waals surface area contributed by atoms with E-state index in [9.17, 15) is 0 Å². The van der Waals surface area contributed by atoms with Gasteiger partial charge in [0.15, 0.2) is 0 Å². The van der Waals surface area contributed by atoms with Crippen LogP contribution in [0.15, 0.2) is 0 Å². The predicted molar refractivity (Wildman–Crippen MR) is 38.6 cm³/mol. The van der Waals surface area contributed by atoms with Crippen LogP contribution in [0.5, 0.6) is 0 Å². The smallest absolute Gasteiger partial charge is 0.0834 e. The summed E-state index contributed by atoms with van der Waals surface area (Å²) in [6, 6.07) is 0. The highest BCUT2D eigenvalue weighted by Gasteiger charge is 1.81. The predicted octanol–water partition coefficient (Wildman–Crippen LogP) is 1.99. The molecule has 0 aliphatic heterocycles. The molecule has 0 fully saturated rings. The molecule has 0 aromatic heterocycles. The fourth-order valence-corrected chi connectivity index (χ4v) is 0.436. The van der Waals surface area contributed by atoms with Crippen molar-refractivity contribution in [3.8, 4) is 11.8 Å². The lowest BCUT2D eigenvalue weighted by Crippen LogP contribution is -1.87. The summed E-state index contributed by atoms with van der Waals surface area (Å²) in [7, 11) is 0. The molecule has 0 amide bonds. The van der Waals surface area contributed by atoms with Gasteiger partial charge in [0.25, 0.3) is 0 Å². The van der Waals surface area contributed by atoms with Gasteiger partial charge in [-0.3, -0.25) is 0 Å². The van der Waals surface area contributed by atoms with Crippen molar-refractivity contribution in [2.45, 2.75) is 26.7 Å². The molecule has 0 aromatic rings. The summed E-state index contributed by atoms with van der Waals surface area (Å²) in [4.78, 5) is 0. The molecule has 51 valence electrons. The van der Waals surface area contributed by atoms with Gasteiger partial charge in [0, 0.05) is 6.42 Å². The van der Waals surface area contributed by atoms with Crippen molar-refractivity contribution in [3.05, 3.63) is 6.61 Å². The van der Waals surface area contributed by atoms with Gasteiger partial charge in [-0.25, -0.2) is 0 Å². The van der Waals surface area contributed by atoms with Gasteiger partial charge in [-0.05, 0) is 13.3 Å². The van der Waals surface area contributed by atoms with Crippen molar-refractivity contribution in [2.24, 2.45) is 0 Å². The Balaban J connectivity index is 2.80. The molecule has 9 heavy (non-hydrogen) atoms. The second-order valence-electron chi connectivity index (χ2n) is 1.62. The van der Waals surface area contributed by atoms with Gasteiger partial charge in [-0.15, -0.1) is 11.8 Å². The molecule has 0 rings (SSSR count). The Morgan fingerprint density at radius 3 is 2.89 bits per heavy atom. The molecular weight excluding hydrogens is 112 g/mol. The molecule has 0 spiro atoms. The van der Waals surface area contributed by atoms with Crippen LogP contribution in [0.3, 0.4) is 0 Å². The Labute approximate surface area is 57.4 Å². The van der Waals surface area contributed by atoms with Crippen LogP contribution in [-0.2, 0) is 4.74 Å². The topological polar surface area (TPSA) is 9.23 Å². The zero-order valence-corrected chi connectivity index (χ0v) is 6.11. The fraction of sp³-hybridized carbons (Fsp3) is 0.625. The lowest BCUT2D eigenvalue weighted by atomic mass is 10.4. The molecule has 0 N–H and O–H groups in total. The minimum atomic E-state index is 0.731. The molecule has 0 bridgehead atoms. The van der Waals surface area contributed by atoms with Crippen molar-refractivity contribution < 1.29 is 4.74 Å². The normalized spacial score (nSPS) is 8.22. The van der Waals surface area contributed by atoms with Crippen molar-refractivity contribution in [3.63, 3.8) is 0 Å². The van der Waals surface area contributed by atoms with Crippen LogP contribution in [0.4, 0.5) is 0 Å². The number of ether oxygens (including phenoxy) is 1. The van der Waals surface area contributed by atoms with E-state index in [1.165, 1.54) is 0 Å². The monoisotopic (exact) mass is 125 g/mol. The van der Waals surface area contributed by atoms with Crippen LogP contribution < -0.4 is 0 Å². The minimum Gasteiger partial charge on any atom is -0.375 e. The van der Waals surface area contributed by atoms with Gasteiger partial charge in [-0.1, -0.05) is 6.92 Å². The highest BCUT2D eigenvalue weighted by molar-refractivity contribution is 4.94. The van der Waals surface area contributed by atoms with Crippen molar-refractivity contribution in [1.29, 1.82) is 0 Å². The van der Waals surface area contributed by atoms with Gasteiger partial charge in [-0.2, -0.15) is 0 Å². The highest BCUT2D eigenvalue weighted by atomic mass is 16.5. The molecule has 0 unspecified atom stereocenters. The van der Waals surface area contributed by atoms with Crippen molar-refractivity contribution >= 4 is 0 Å². The highest BCUT2D eigenvalue weighted by Crippen LogP contribution is 1.88. The average Bonchev–Trinajstić information content (AvgIpc) is 1.89. The summed E-state index contributed by atoms with van der Waals surface area (Å²) in [5.74, 6) is 5.71. The second-order valence-corrected chi connectivity index (χ2v) is 1.62. The molecule has 0 heterocycles. The maximum absolute atomic E-state index is 5.06. The molecule has 0 saturated carbocycles. The molecule has 0 aliphatic carbocycles. The third-order valence-corrected chi connectivity index (χ3v) is 0.806. The summed E-state index contributed by atoms with van der Waals surface area (Å²) >= 11 is 0. The zero-order valence-electron chi connectivity index (χ0n) is 6.11. The first-order chi connectivity index (χ1) is 4.41. The summed E-state index contributed by atoms with van der Waals surface area (Å²) in [6.07, 6.45) is 1.81. The molecular formula is C8H13O. The zero-order chi connectivity index (χ0) is 6.95. The fourth-order valence-electron chi connectivity index (χ4n) is 0.436. The molecule has 0 aromatic carbocycles. The van der Waals surface area contributed by atoms with Gasteiger partial charge in [0.1, 0.15) is 0 Å². The van der Waals surface area contributed by atoms with Gasteiger partial charge < -0.3 is 4.74 Å². The van der Waals surface area contributed by atoms with E-state index in [2.05, 4.69) is 11.8 Å². The summed E-state index contributed by atoms with van der Waals surface area (Å²) < 4.78 is 5.06. The molecule has 0 aliphatic rings. The maximum Gasteiger partial charge on any atom is 0.0834 e. The maximum atomic E-state index is 5.06. The number of hydrogen-bond donors (Lipinski definition) is 0. The lowest BCUT2D eigenvalue weighted by Gasteiger charge is -1.94. The van der Waals surface area contributed by atoms with E-state index in [1.54, 1.807) is 6.61 Å². The van der Waals surface area contributed by atoms with Crippen LogP contribution in [-0.4, -0.2) is 6.61 Å². The van der Waals surface area contributed by atoms with Crippen molar-refractivity contribution in [2.75, 3.05) is 6.61 Å². The van der Waals surface area contributed by atoms with E-state index < -0.39 is 0 Å². The Kier molecular flexibility index (Phi) is 7.12. The lowest BCUT2D eigenvalue weighted by molar-refractivity contribution is 0.201. The number of rotatable bonds is 4. The Bertz CT molecular complexity index is 96.9. The Morgan fingerprint density at radius 1 is 1.56 bits per heavy atom. The molecule has 1 nitrogen and oxygen atoms in total. The molecule has 0 atom stereocenters. The van der Waals surface area contributed by atoms with E-state index >= 15 is 0 Å². The van der Waals surface area contributed by atoms with E-state index in [0.29, 0.717) is 0 Å². The first kappa shape index (κ1) is 8.52. The van der Waals surface area contributed by atoms with Gasteiger partial charge >= 0.3 is 0 Å². The van der Waals surface area contributed by atoms with Crippen LogP contribution in [0.25, 0.3) is 0 Å². The Morgan fingerprint density at radius 2 is 2.33 bits per heavy atom. The molecule has 1 heteroatoms. The SMILES string of the molecule is CC#CCCO[CH]CC. The van der Waals surface area contributed by atoms with E-state index in [1.807, 2.05) is 13.8 Å². The van der Waals surface area contributed by atoms with Crippen LogP contribution in [0.2, 0.25) is 0 Å². The largest absolute Gasteiger partial charge is 0.375 e. The quantitative estimate of drug-likeness (QED) is 0.412. The molecule has 1 radical (unpaired) electrons. The third-order valence-electron chi connectivity index (χ3n) is 0.806. The third kappa shape index (κ3) is 7.52. The minimum absolute atomic E-state index is 0.731. The van der Waals surface area contributed by atoms with E-state index in [4.69, 9.17) is 4.74 Å². The van der Waals surface area contributed by atoms with Crippen LogP contribution >= 0.6 is 0 Å². The molecule has 0 saturated heterocycles. The number of hydrogen-bond acceptors (Lipinski definition) is 1. The van der Waals surface area contributed by atoms with Gasteiger partial charge in [0.05, 0.1) is 13.2 Å². The second kappa shape index (κ2) is 7.52. The summed E-state index contributed by atoms with van der Waals surface area (Å²) in [5.41, 5.74) is 0. The summed E-state index contributed by atoms with van der Waals surface area (Å²) in [6.45, 7) is 6.42. The van der Waals surface area contributed by atoms with E-state index in [-0.39, 0.29) is 0 Å². The summed E-state index contributed by atoms with van der Waals surface area (Å²) in [5, 5.41) is 0. The first-order valence-corrected chi connectivity index (χ1v) is 3.24. The average molecular weight is 125 g/mol. The van der Waals surface area contributed by atoms with E-state index in [0.717, 1.165) is 19.4 Å².